The molecule has 3 heterocycles. The number of thiophene rings is 1. The summed E-state index contributed by atoms with van der Waals surface area (Å²) in [7, 11) is 0. The van der Waals surface area contributed by atoms with Crippen LogP contribution in [-0.2, 0) is 17.8 Å². The number of carbonyl (C=O) groups is 1. The molecule has 27 heavy (non-hydrogen) atoms. The molecule has 0 unspecified atom stereocenters. The van der Waals surface area contributed by atoms with E-state index in [-0.39, 0.29) is 5.91 Å². The Morgan fingerprint density at radius 3 is 2.89 bits per heavy atom. The molecule has 1 aliphatic carbocycles. The second kappa shape index (κ2) is 7.17. The van der Waals surface area contributed by atoms with Gasteiger partial charge in [0.25, 0.3) is 0 Å². The van der Waals surface area contributed by atoms with Crippen molar-refractivity contribution in [3.05, 3.63) is 58.4 Å². The van der Waals surface area contributed by atoms with Crippen LogP contribution in [0, 0.1) is 0 Å². The molecule has 4 nitrogen and oxygen atoms in total. The van der Waals surface area contributed by atoms with E-state index < -0.39 is 0 Å². The highest BCUT2D eigenvalue weighted by Gasteiger charge is 2.29. The van der Waals surface area contributed by atoms with Gasteiger partial charge in [0.1, 0.15) is 0 Å². The normalized spacial score (nSPS) is 16.4. The zero-order valence-electron chi connectivity index (χ0n) is 15.0. The van der Waals surface area contributed by atoms with Crippen molar-refractivity contribution in [2.24, 2.45) is 0 Å². The molecule has 2 aromatic heterocycles. The Hall–Kier alpha value is -2.05. The average Bonchev–Trinajstić information content (AvgIpc) is 3.28. The minimum absolute atomic E-state index is 0.212. The van der Waals surface area contributed by atoms with Crippen LogP contribution in [0.4, 0.5) is 0 Å². The molecular formula is C21H21N3OS2. The van der Waals surface area contributed by atoms with Gasteiger partial charge in [-0.25, -0.2) is 4.98 Å². The van der Waals surface area contributed by atoms with Gasteiger partial charge in [-0.1, -0.05) is 42.1 Å². The lowest BCUT2D eigenvalue weighted by Gasteiger charge is -2.26. The standard InChI is InChI=1S/C21H21N3OS2/c25-20(23-10-8-19-16(13-23)9-11-26-19)14-27-21-22-12-18(24(21)17-6-7-17)15-4-2-1-3-5-15/h1-5,9,11-12,17H,6-8,10,13-14H2. The van der Waals surface area contributed by atoms with Crippen molar-refractivity contribution < 1.29 is 4.79 Å². The molecule has 3 aromatic rings. The van der Waals surface area contributed by atoms with Crippen molar-refractivity contribution in [3.63, 3.8) is 0 Å². The van der Waals surface area contributed by atoms with Crippen LogP contribution in [-0.4, -0.2) is 32.7 Å². The van der Waals surface area contributed by atoms with E-state index in [2.05, 4.69) is 45.3 Å². The summed E-state index contributed by atoms with van der Waals surface area (Å²) < 4.78 is 2.33. The summed E-state index contributed by atoms with van der Waals surface area (Å²) in [5.74, 6) is 0.667. The Morgan fingerprint density at radius 1 is 1.22 bits per heavy atom. The van der Waals surface area contributed by atoms with Gasteiger partial charge in [0, 0.05) is 24.0 Å². The van der Waals surface area contributed by atoms with Gasteiger partial charge in [0.2, 0.25) is 5.91 Å². The Kier molecular flexibility index (Phi) is 4.53. The predicted molar refractivity (Wildman–Crippen MR) is 110 cm³/mol. The zero-order chi connectivity index (χ0) is 18.2. The number of aromatic nitrogens is 2. The van der Waals surface area contributed by atoms with Crippen molar-refractivity contribution in [2.45, 2.75) is 37.0 Å². The first-order valence-corrected chi connectivity index (χ1v) is 11.2. The topological polar surface area (TPSA) is 38.1 Å². The molecular weight excluding hydrogens is 374 g/mol. The van der Waals surface area contributed by atoms with Crippen molar-refractivity contribution in [3.8, 4) is 11.3 Å². The maximum atomic E-state index is 12.7. The van der Waals surface area contributed by atoms with Crippen LogP contribution in [0.1, 0.15) is 29.3 Å². The summed E-state index contributed by atoms with van der Waals surface area (Å²) in [5.41, 5.74) is 3.67. The van der Waals surface area contributed by atoms with Crippen LogP contribution >= 0.6 is 23.1 Å². The average molecular weight is 396 g/mol. The van der Waals surface area contributed by atoms with E-state index in [1.165, 1.54) is 28.8 Å². The summed E-state index contributed by atoms with van der Waals surface area (Å²) >= 11 is 3.38. The third kappa shape index (κ3) is 3.44. The molecule has 0 N–H and O–H groups in total. The summed E-state index contributed by atoms with van der Waals surface area (Å²) in [6.07, 6.45) is 5.34. The van der Waals surface area contributed by atoms with Gasteiger partial charge >= 0.3 is 0 Å². The number of benzene rings is 1. The molecule has 138 valence electrons. The SMILES string of the molecule is O=C(CSc1ncc(-c2ccccc2)n1C1CC1)N1CCc2sccc2C1. The minimum atomic E-state index is 0.212. The first-order valence-electron chi connectivity index (χ1n) is 9.38. The van der Waals surface area contributed by atoms with Crippen LogP contribution in [0.15, 0.2) is 53.1 Å². The molecule has 0 radical (unpaired) electrons. The summed E-state index contributed by atoms with van der Waals surface area (Å²) in [6.45, 7) is 1.59. The number of amides is 1. The number of imidazole rings is 1. The number of nitrogens with zero attached hydrogens (tertiary/aromatic N) is 3. The van der Waals surface area contributed by atoms with E-state index in [9.17, 15) is 4.79 Å². The maximum absolute atomic E-state index is 12.7. The molecule has 0 bridgehead atoms. The smallest absolute Gasteiger partial charge is 0.233 e. The molecule has 5 rings (SSSR count). The molecule has 1 aromatic carbocycles. The largest absolute Gasteiger partial charge is 0.337 e. The van der Waals surface area contributed by atoms with Gasteiger partial charge < -0.3 is 9.47 Å². The van der Waals surface area contributed by atoms with Crippen molar-refractivity contribution >= 4 is 29.0 Å². The predicted octanol–water partition coefficient (Wildman–Crippen LogP) is 4.62. The van der Waals surface area contributed by atoms with Crippen molar-refractivity contribution in [1.82, 2.24) is 14.5 Å². The highest BCUT2D eigenvalue weighted by Crippen LogP contribution is 2.42. The quantitative estimate of drug-likeness (QED) is 0.592. The Balaban J connectivity index is 1.30. The first-order chi connectivity index (χ1) is 13.3. The van der Waals surface area contributed by atoms with Gasteiger partial charge in [0.15, 0.2) is 5.16 Å². The van der Waals surface area contributed by atoms with E-state index in [1.54, 1.807) is 23.1 Å². The van der Waals surface area contributed by atoms with Gasteiger partial charge in [-0.15, -0.1) is 11.3 Å². The third-order valence-corrected chi connectivity index (χ3v) is 7.20. The van der Waals surface area contributed by atoms with Gasteiger partial charge in [-0.3, -0.25) is 4.79 Å². The van der Waals surface area contributed by atoms with Gasteiger partial charge in [0.05, 0.1) is 17.6 Å². The second-order valence-electron chi connectivity index (χ2n) is 7.12. The number of hydrogen-bond donors (Lipinski definition) is 0. The summed E-state index contributed by atoms with van der Waals surface area (Å²) in [5, 5.41) is 3.10. The number of rotatable bonds is 5. The molecule has 1 saturated carbocycles. The van der Waals surface area contributed by atoms with E-state index in [4.69, 9.17) is 0 Å². The first kappa shape index (κ1) is 17.1. The lowest BCUT2D eigenvalue weighted by atomic mass is 10.1. The molecule has 0 spiro atoms. The molecule has 1 amide bonds. The van der Waals surface area contributed by atoms with Crippen LogP contribution in [0.25, 0.3) is 11.3 Å². The molecule has 6 heteroatoms. The van der Waals surface area contributed by atoms with Crippen LogP contribution < -0.4 is 0 Å². The Morgan fingerprint density at radius 2 is 2.07 bits per heavy atom. The second-order valence-corrected chi connectivity index (χ2v) is 9.06. The van der Waals surface area contributed by atoms with Crippen LogP contribution in [0.2, 0.25) is 0 Å². The number of carbonyl (C=O) groups excluding carboxylic acids is 1. The molecule has 0 saturated heterocycles. The van der Waals surface area contributed by atoms with E-state index in [1.807, 2.05) is 17.2 Å². The monoisotopic (exact) mass is 395 g/mol. The molecule has 0 atom stereocenters. The zero-order valence-corrected chi connectivity index (χ0v) is 16.6. The summed E-state index contributed by atoms with van der Waals surface area (Å²) in [4.78, 5) is 20.8. The van der Waals surface area contributed by atoms with Crippen LogP contribution in [0.5, 0.6) is 0 Å². The third-order valence-electron chi connectivity index (χ3n) is 5.23. The Labute approximate surface area is 167 Å². The van der Waals surface area contributed by atoms with E-state index in [0.717, 1.165) is 30.4 Å². The fourth-order valence-corrected chi connectivity index (χ4v) is 5.48. The van der Waals surface area contributed by atoms with Crippen LogP contribution in [0.3, 0.4) is 0 Å². The fraction of sp³-hybridized carbons (Fsp3) is 0.333. The van der Waals surface area contributed by atoms with E-state index in [0.29, 0.717) is 11.8 Å². The lowest BCUT2D eigenvalue weighted by Crippen LogP contribution is -2.36. The Bertz CT molecular complexity index is 959. The van der Waals surface area contributed by atoms with Crippen molar-refractivity contribution in [1.29, 1.82) is 0 Å². The van der Waals surface area contributed by atoms with E-state index >= 15 is 0 Å². The molecule has 1 fully saturated rings. The minimum Gasteiger partial charge on any atom is -0.337 e. The van der Waals surface area contributed by atoms with Gasteiger partial charge in [-0.2, -0.15) is 0 Å². The number of fused-ring (bicyclic) bond motifs is 1. The molecule has 2 aliphatic rings. The molecule has 1 aliphatic heterocycles. The summed E-state index contributed by atoms with van der Waals surface area (Å²) in [6, 6.07) is 13.1. The number of thioether (sulfide) groups is 1. The van der Waals surface area contributed by atoms with Gasteiger partial charge in [-0.05, 0) is 41.8 Å². The highest BCUT2D eigenvalue weighted by atomic mass is 32.2. The highest BCUT2D eigenvalue weighted by molar-refractivity contribution is 7.99. The maximum Gasteiger partial charge on any atom is 0.233 e. The van der Waals surface area contributed by atoms with Crippen molar-refractivity contribution in [2.75, 3.05) is 12.3 Å². The lowest BCUT2D eigenvalue weighted by molar-refractivity contribution is -0.129. The fourth-order valence-electron chi connectivity index (χ4n) is 3.64. The number of hydrogen-bond acceptors (Lipinski definition) is 4.